The first-order valence-electron chi connectivity index (χ1n) is 6.21. The van der Waals surface area contributed by atoms with Crippen LogP contribution >= 0.6 is 15.9 Å². The topological polar surface area (TPSA) is 43.4 Å². The van der Waals surface area contributed by atoms with Crippen LogP contribution in [0.15, 0.2) is 34.9 Å². The Morgan fingerprint density at radius 2 is 1.85 bits per heavy atom. The SMILES string of the molecule is COc1cc(Br)c(CNc2ccc(C)nc2)cc1OC. The maximum atomic E-state index is 5.31. The van der Waals surface area contributed by atoms with Crippen LogP contribution in [0.2, 0.25) is 0 Å². The summed E-state index contributed by atoms with van der Waals surface area (Å²) in [6.45, 7) is 2.64. The van der Waals surface area contributed by atoms with Crippen LogP contribution in [0.4, 0.5) is 5.69 Å². The van der Waals surface area contributed by atoms with Crippen LogP contribution in [0.25, 0.3) is 0 Å². The number of aryl methyl sites for hydroxylation is 1. The van der Waals surface area contributed by atoms with Crippen molar-refractivity contribution in [3.05, 3.63) is 46.2 Å². The fourth-order valence-electron chi connectivity index (χ4n) is 1.80. The molecule has 0 aliphatic rings. The van der Waals surface area contributed by atoms with Gasteiger partial charge in [-0.1, -0.05) is 15.9 Å². The van der Waals surface area contributed by atoms with Gasteiger partial charge in [0.05, 0.1) is 26.1 Å². The number of rotatable bonds is 5. The smallest absolute Gasteiger partial charge is 0.161 e. The molecule has 0 unspecified atom stereocenters. The minimum absolute atomic E-state index is 0.672. The molecule has 0 saturated heterocycles. The molecular formula is C15H17BrN2O2. The summed E-state index contributed by atoms with van der Waals surface area (Å²) in [5.74, 6) is 1.43. The Morgan fingerprint density at radius 1 is 1.15 bits per heavy atom. The Bertz CT molecular complexity index is 585. The summed E-state index contributed by atoms with van der Waals surface area (Å²) in [5.41, 5.74) is 3.07. The van der Waals surface area contributed by atoms with Gasteiger partial charge in [0.2, 0.25) is 0 Å². The third kappa shape index (κ3) is 3.42. The summed E-state index contributed by atoms with van der Waals surface area (Å²) >= 11 is 3.55. The first kappa shape index (κ1) is 14.7. The van der Waals surface area contributed by atoms with E-state index >= 15 is 0 Å². The van der Waals surface area contributed by atoms with Gasteiger partial charge in [-0.25, -0.2) is 0 Å². The number of pyridine rings is 1. The van der Waals surface area contributed by atoms with Crippen molar-refractivity contribution in [2.75, 3.05) is 19.5 Å². The highest BCUT2D eigenvalue weighted by Gasteiger charge is 2.09. The third-order valence-electron chi connectivity index (χ3n) is 2.95. The first-order chi connectivity index (χ1) is 9.63. The molecule has 20 heavy (non-hydrogen) atoms. The second-order valence-corrected chi connectivity index (χ2v) is 5.19. The third-order valence-corrected chi connectivity index (χ3v) is 3.69. The largest absolute Gasteiger partial charge is 0.493 e. The van der Waals surface area contributed by atoms with Gasteiger partial charge in [0, 0.05) is 16.7 Å². The number of hydrogen-bond acceptors (Lipinski definition) is 4. The molecule has 0 fully saturated rings. The molecule has 0 aliphatic carbocycles. The lowest BCUT2D eigenvalue weighted by atomic mass is 10.2. The van der Waals surface area contributed by atoms with Gasteiger partial charge in [0.15, 0.2) is 11.5 Å². The molecule has 0 bridgehead atoms. The number of benzene rings is 1. The van der Waals surface area contributed by atoms with Crippen molar-refractivity contribution in [3.63, 3.8) is 0 Å². The molecule has 4 nitrogen and oxygen atoms in total. The van der Waals surface area contributed by atoms with Crippen LogP contribution < -0.4 is 14.8 Å². The zero-order valence-electron chi connectivity index (χ0n) is 11.7. The lowest BCUT2D eigenvalue weighted by Crippen LogP contribution is -2.02. The number of nitrogens with zero attached hydrogens (tertiary/aromatic N) is 1. The van der Waals surface area contributed by atoms with Gasteiger partial charge >= 0.3 is 0 Å². The van der Waals surface area contributed by atoms with Gasteiger partial charge in [-0.05, 0) is 36.8 Å². The zero-order valence-corrected chi connectivity index (χ0v) is 13.3. The van der Waals surface area contributed by atoms with Crippen LogP contribution in [0.1, 0.15) is 11.3 Å². The van der Waals surface area contributed by atoms with E-state index in [1.165, 1.54) is 0 Å². The standard InChI is InChI=1S/C15H17BrN2O2/c1-10-4-5-12(9-17-10)18-8-11-6-14(19-2)15(20-3)7-13(11)16/h4-7,9,18H,8H2,1-3H3. The molecule has 0 aliphatic heterocycles. The van der Waals surface area contributed by atoms with E-state index in [1.54, 1.807) is 14.2 Å². The molecule has 1 aromatic carbocycles. The van der Waals surface area contributed by atoms with Gasteiger partial charge in [0.25, 0.3) is 0 Å². The predicted octanol–water partition coefficient (Wildman–Crippen LogP) is 3.78. The molecule has 1 aromatic heterocycles. The number of hydrogen-bond donors (Lipinski definition) is 1. The van der Waals surface area contributed by atoms with Gasteiger partial charge < -0.3 is 14.8 Å². The number of halogens is 1. The van der Waals surface area contributed by atoms with E-state index in [4.69, 9.17) is 9.47 Å². The van der Waals surface area contributed by atoms with Crippen LogP contribution in [0.5, 0.6) is 11.5 Å². The number of methoxy groups -OCH3 is 2. The van der Waals surface area contributed by atoms with E-state index < -0.39 is 0 Å². The summed E-state index contributed by atoms with van der Waals surface area (Å²) in [6.07, 6.45) is 1.82. The molecule has 5 heteroatoms. The fourth-order valence-corrected chi connectivity index (χ4v) is 2.26. The van der Waals surface area contributed by atoms with Crippen LogP contribution in [0, 0.1) is 6.92 Å². The second kappa shape index (κ2) is 6.61. The first-order valence-corrected chi connectivity index (χ1v) is 7.00. The van der Waals surface area contributed by atoms with E-state index in [9.17, 15) is 0 Å². The van der Waals surface area contributed by atoms with E-state index in [0.717, 1.165) is 27.2 Å². The molecule has 106 valence electrons. The Morgan fingerprint density at radius 3 is 2.45 bits per heavy atom. The lowest BCUT2D eigenvalue weighted by Gasteiger charge is -2.13. The van der Waals surface area contributed by atoms with E-state index in [0.29, 0.717) is 12.3 Å². The maximum Gasteiger partial charge on any atom is 0.161 e. The lowest BCUT2D eigenvalue weighted by molar-refractivity contribution is 0.354. The van der Waals surface area contributed by atoms with Crippen molar-refractivity contribution in [1.82, 2.24) is 4.98 Å². The monoisotopic (exact) mass is 336 g/mol. The Hall–Kier alpha value is -1.75. The molecule has 2 aromatic rings. The number of anilines is 1. The molecule has 2 rings (SSSR count). The average Bonchev–Trinajstić information content (AvgIpc) is 2.47. The highest BCUT2D eigenvalue weighted by atomic mass is 79.9. The highest BCUT2D eigenvalue weighted by Crippen LogP contribution is 2.33. The number of aromatic nitrogens is 1. The van der Waals surface area contributed by atoms with Crippen molar-refractivity contribution < 1.29 is 9.47 Å². The van der Waals surface area contributed by atoms with Crippen molar-refractivity contribution in [2.45, 2.75) is 13.5 Å². The molecular weight excluding hydrogens is 320 g/mol. The minimum Gasteiger partial charge on any atom is -0.493 e. The van der Waals surface area contributed by atoms with Crippen molar-refractivity contribution >= 4 is 21.6 Å². The molecule has 0 radical (unpaired) electrons. The normalized spacial score (nSPS) is 10.2. The second-order valence-electron chi connectivity index (χ2n) is 4.34. The number of nitrogens with one attached hydrogen (secondary N) is 1. The number of ether oxygens (including phenoxy) is 2. The molecule has 1 heterocycles. The van der Waals surface area contributed by atoms with E-state index in [2.05, 4.69) is 26.2 Å². The van der Waals surface area contributed by atoms with E-state index in [1.807, 2.05) is 37.4 Å². The average molecular weight is 337 g/mol. The van der Waals surface area contributed by atoms with Crippen LogP contribution in [0.3, 0.4) is 0 Å². The molecule has 0 spiro atoms. The van der Waals surface area contributed by atoms with Crippen molar-refractivity contribution in [3.8, 4) is 11.5 Å². The van der Waals surface area contributed by atoms with Gasteiger partial charge in [0.1, 0.15) is 0 Å². The van der Waals surface area contributed by atoms with Gasteiger partial charge in [-0.15, -0.1) is 0 Å². The minimum atomic E-state index is 0.672. The molecule has 0 amide bonds. The highest BCUT2D eigenvalue weighted by molar-refractivity contribution is 9.10. The van der Waals surface area contributed by atoms with Gasteiger partial charge in [-0.2, -0.15) is 0 Å². The maximum absolute atomic E-state index is 5.31. The van der Waals surface area contributed by atoms with Crippen molar-refractivity contribution in [1.29, 1.82) is 0 Å². The summed E-state index contributed by atoms with van der Waals surface area (Å²) in [6, 6.07) is 7.85. The zero-order chi connectivity index (χ0) is 14.5. The molecule has 0 atom stereocenters. The predicted molar refractivity (Wildman–Crippen MR) is 83.5 cm³/mol. The summed E-state index contributed by atoms with van der Waals surface area (Å²) in [7, 11) is 3.26. The molecule has 0 saturated carbocycles. The van der Waals surface area contributed by atoms with E-state index in [-0.39, 0.29) is 0 Å². The summed E-state index contributed by atoms with van der Waals surface area (Å²) in [5, 5.41) is 3.33. The molecule has 1 N–H and O–H groups in total. The van der Waals surface area contributed by atoms with Crippen LogP contribution in [-0.4, -0.2) is 19.2 Å². The van der Waals surface area contributed by atoms with Gasteiger partial charge in [-0.3, -0.25) is 4.98 Å². The summed E-state index contributed by atoms with van der Waals surface area (Å²) in [4.78, 5) is 4.26. The fraction of sp³-hybridized carbons (Fsp3) is 0.267. The van der Waals surface area contributed by atoms with Crippen LogP contribution in [-0.2, 0) is 6.54 Å². The van der Waals surface area contributed by atoms with Crippen molar-refractivity contribution in [2.24, 2.45) is 0 Å². The Labute approximate surface area is 127 Å². The summed E-state index contributed by atoms with van der Waals surface area (Å²) < 4.78 is 11.6. The quantitative estimate of drug-likeness (QED) is 0.902. The Kier molecular flexibility index (Phi) is 4.84. The Balaban J connectivity index is 2.14.